The van der Waals surface area contributed by atoms with Gasteiger partial charge >= 0.3 is 6.03 Å². The van der Waals surface area contributed by atoms with Crippen LogP contribution < -0.4 is 10.1 Å². The van der Waals surface area contributed by atoms with Gasteiger partial charge in [0.15, 0.2) is 0 Å². The van der Waals surface area contributed by atoms with Crippen molar-refractivity contribution in [2.24, 2.45) is 0 Å². The Kier molecular flexibility index (Phi) is 4.49. The van der Waals surface area contributed by atoms with Crippen molar-refractivity contribution in [1.82, 2.24) is 4.90 Å². The Hall–Kier alpha value is -1.75. The van der Waals surface area contributed by atoms with Crippen LogP contribution in [0.15, 0.2) is 18.2 Å². The molecule has 5 heteroatoms. The molecule has 110 valence electrons. The van der Waals surface area contributed by atoms with Crippen molar-refractivity contribution in [2.75, 3.05) is 25.5 Å². The molecule has 2 atom stereocenters. The second-order valence-electron chi connectivity index (χ2n) is 5.30. The van der Waals surface area contributed by atoms with Gasteiger partial charge in [0.1, 0.15) is 5.75 Å². The summed E-state index contributed by atoms with van der Waals surface area (Å²) in [5.74, 6) is 0.665. The molecule has 0 spiro atoms. The van der Waals surface area contributed by atoms with E-state index in [1.54, 1.807) is 12.0 Å². The molecule has 20 heavy (non-hydrogen) atoms. The summed E-state index contributed by atoms with van der Waals surface area (Å²) in [6, 6.07) is 5.60. The highest BCUT2D eigenvalue weighted by molar-refractivity contribution is 5.91. The van der Waals surface area contributed by atoms with Crippen molar-refractivity contribution in [3.05, 3.63) is 23.8 Å². The minimum Gasteiger partial charge on any atom is -0.495 e. The number of benzene rings is 1. The highest BCUT2D eigenvalue weighted by atomic mass is 16.5. The summed E-state index contributed by atoms with van der Waals surface area (Å²) in [7, 11) is 1.60. The van der Waals surface area contributed by atoms with E-state index < -0.39 is 0 Å². The third-order valence-corrected chi connectivity index (χ3v) is 3.30. The lowest BCUT2D eigenvalue weighted by molar-refractivity contribution is -0.0530. The zero-order valence-corrected chi connectivity index (χ0v) is 12.5. The molecule has 0 bridgehead atoms. The zero-order valence-electron chi connectivity index (χ0n) is 12.5. The third-order valence-electron chi connectivity index (χ3n) is 3.30. The van der Waals surface area contributed by atoms with Crippen LogP contribution in [0.1, 0.15) is 19.4 Å². The van der Waals surface area contributed by atoms with E-state index in [0.717, 1.165) is 5.56 Å². The van der Waals surface area contributed by atoms with Gasteiger partial charge in [0, 0.05) is 13.1 Å². The van der Waals surface area contributed by atoms with Crippen molar-refractivity contribution in [2.45, 2.75) is 33.0 Å². The Labute approximate surface area is 119 Å². The number of methoxy groups -OCH3 is 1. The lowest BCUT2D eigenvalue weighted by Crippen LogP contribution is -2.49. The van der Waals surface area contributed by atoms with E-state index in [2.05, 4.69) is 5.32 Å². The molecule has 1 heterocycles. The maximum Gasteiger partial charge on any atom is 0.322 e. The number of aryl methyl sites for hydroxylation is 1. The summed E-state index contributed by atoms with van der Waals surface area (Å²) in [5.41, 5.74) is 1.77. The van der Waals surface area contributed by atoms with E-state index in [-0.39, 0.29) is 18.2 Å². The molecule has 1 aliphatic rings. The van der Waals surface area contributed by atoms with Crippen molar-refractivity contribution in [1.29, 1.82) is 0 Å². The van der Waals surface area contributed by atoms with Gasteiger partial charge in [-0.3, -0.25) is 0 Å². The van der Waals surface area contributed by atoms with E-state index in [0.29, 0.717) is 24.5 Å². The molecule has 0 aliphatic carbocycles. The van der Waals surface area contributed by atoms with Gasteiger partial charge < -0.3 is 19.7 Å². The maximum absolute atomic E-state index is 12.3. The second-order valence-corrected chi connectivity index (χ2v) is 5.30. The number of nitrogens with zero attached hydrogens (tertiary/aromatic N) is 1. The smallest absolute Gasteiger partial charge is 0.322 e. The quantitative estimate of drug-likeness (QED) is 0.904. The minimum absolute atomic E-state index is 0.0592. The van der Waals surface area contributed by atoms with Gasteiger partial charge in [-0.2, -0.15) is 0 Å². The first-order valence-electron chi connectivity index (χ1n) is 6.85. The molecule has 1 aromatic carbocycles. The first-order valence-corrected chi connectivity index (χ1v) is 6.85. The van der Waals surface area contributed by atoms with Gasteiger partial charge in [0.25, 0.3) is 0 Å². The molecule has 1 fully saturated rings. The number of rotatable bonds is 2. The van der Waals surface area contributed by atoms with E-state index >= 15 is 0 Å². The maximum atomic E-state index is 12.3. The van der Waals surface area contributed by atoms with Gasteiger partial charge in [-0.25, -0.2) is 4.79 Å². The Morgan fingerprint density at radius 3 is 2.60 bits per heavy atom. The van der Waals surface area contributed by atoms with E-state index in [9.17, 15) is 4.79 Å². The fraction of sp³-hybridized carbons (Fsp3) is 0.533. The predicted octanol–water partition coefficient (Wildman–Crippen LogP) is 2.64. The molecule has 1 aromatic rings. The first kappa shape index (κ1) is 14.7. The molecule has 0 saturated carbocycles. The van der Waals surface area contributed by atoms with Crippen LogP contribution in [0, 0.1) is 6.92 Å². The number of hydrogen-bond donors (Lipinski definition) is 1. The van der Waals surface area contributed by atoms with Crippen molar-refractivity contribution in [3.63, 3.8) is 0 Å². The Morgan fingerprint density at radius 2 is 2.00 bits per heavy atom. The van der Waals surface area contributed by atoms with E-state index in [4.69, 9.17) is 9.47 Å². The molecule has 1 N–H and O–H groups in total. The number of amides is 2. The lowest BCUT2D eigenvalue weighted by atomic mass is 10.2. The lowest BCUT2D eigenvalue weighted by Gasteiger charge is -2.35. The molecule has 2 amide bonds. The van der Waals surface area contributed by atoms with Crippen LogP contribution in [0.2, 0.25) is 0 Å². The number of anilines is 1. The fourth-order valence-electron chi connectivity index (χ4n) is 2.46. The SMILES string of the molecule is COc1ccc(C)cc1NC(=O)N1C[C@@H](C)O[C@H](C)C1. The average Bonchev–Trinajstić information content (AvgIpc) is 2.37. The predicted molar refractivity (Wildman–Crippen MR) is 78.3 cm³/mol. The third kappa shape index (κ3) is 3.42. The fourth-order valence-corrected chi connectivity index (χ4v) is 2.46. The van der Waals surface area contributed by atoms with Crippen LogP contribution in [0.3, 0.4) is 0 Å². The summed E-state index contributed by atoms with van der Waals surface area (Å²) in [6.07, 6.45) is 0.118. The number of ether oxygens (including phenoxy) is 2. The molecule has 0 aromatic heterocycles. The van der Waals surface area contributed by atoms with Gasteiger partial charge in [-0.1, -0.05) is 6.07 Å². The number of carbonyl (C=O) groups excluding carboxylic acids is 1. The van der Waals surface area contributed by atoms with Gasteiger partial charge in [-0.05, 0) is 38.5 Å². The minimum atomic E-state index is -0.115. The molecule has 2 rings (SSSR count). The van der Waals surface area contributed by atoms with Crippen LogP contribution in [0.25, 0.3) is 0 Å². The largest absolute Gasteiger partial charge is 0.495 e. The Morgan fingerprint density at radius 1 is 1.35 bits per heavy atom. The number of morpholine rings is 1. The molecule has 1 saturated heterocycles. The zero-order chi connectivity index (χ0) is 14.7. The molecule has 1 aliphatic heterocycles. The number of nitrogens with one attached hydrogen (secondary N) is 1. The van der Waals surface area contributed by atoms with Gasteiger partial charge in [0.2, 0.25) is 0 Å². The summed E-state index contributed by atoms with van der Waals surface area (Å²) in [5, 5.41) is 2.92. The molecular formula is C15H22N2O3. The van der Waals surface area contributed by atoms with Crippen LogP contribution in [0.4, 0.5) is 10.5 Å². The number of carbonyl (C=O) groups is 1. The number of hydrogen-bond acceptors (Lipinski definition) is 3. The van der Waals surface area contributed by atoms with Gasteiger partial charge in [0.05, 0.1) is 25.0 Å². The number of urea groups is 1. The first-order chi connectivity index (χ1) is 9.49. The molecule has 0 radical (unpaired) electrons. The van der Waals surface area contributed by atoms with Crippen molar-refractivity contribution >= 4 is 11.7 Å². The monoisotopic (exact) mass is 278 g/mol. The average molecular weight is 278 g/mol. The standard InChI is InChI=1S/C15H22N2O3/c1-10-5-6-14(19-4)13(7-10)16-15(18)17-8-11(2)20-12(3)9-17/h5-7,11-12H,8-9H2,1-4H3,(H,16,18)/t11-,12-/m1/s1. The van der Waals surface area contributed by atoms with E-state index in [1.165, 1.54) is 0 Å². The van der Waals surface area contributed by atoms with Crippen molar-refractivity contribution < 1.29 is 14.3 Å². The van der Waals surface area contributed by atoms with E-state index in [1.807, 2.05) is 39.0 Å². The normalized spacial score (nSPS) is 22.5. The van der Waals surface area contributed by atoms with Crippen LogP contribution in [-0.4, -0.2) is 43.3 Å². The molecular weight excluding hydrogens is 256 g/mol. The Bertz CT molecular complexity index is 480. The summed E-state index contributed by atoms with van der Waals surface area (Å²) in [4.78, 5) is 14.1. The van der Waals surface area contributed by atoms with Crippen LogP contribution in [-0.2, 0) is 4.74 Å². The Balaban J connectivity index is 2.09. The topological polar surface area (TPSA) is 50.8 Å². The van der Waals surface area contributed by atoms with Gasteiger partial charge in [-0.15, -0.1) is 0 Å². The summed E-state index contributed by atoms with van der Waals surface area (Å²) in [6.45, 7) is 7.13. The second kappa shape index (κ2) is 6.13. The highest BCUT2D eigenvalue weighted by Crippen LogP contribution is 2.25. The van der Waals surface area contributed by atoms with Crippen LogP contribution >= 0.6 is 0 Å². The summed E-state index contributed by atoms with van der Waals surface area (Å²) < 4.78 is 10.9. The van der Waals surface area contributed by atoms with Crippen molar-refractivity contribution in [3.8, 4) is 5.75 Å². The molecule has 5 nitrogen and oxygen atoms in total. The molecule has 0 unspecified atom stereocenters. The van der Waals surface area contributed by atoms with Crippen LogP contribution in [0.5, 0.6) is 5.75 Å². The summed E-state index contributed by atoms with van der Waals surface area (Å²) >= 11 is 0. The highest BCUT2D eigenvalue weighted by Gasteiger charge is 2.26.